The van der Waals surface area contributed by atoms with Crippen LogP contribution in [0, 0.1) is 6.92 Å². The third-order valence-electron chi connectivity index (χ3n) is 3.69. The Balaban J connectivity index is 2.15. The molecule has 3 rings (SSSR count). The molecule has 1 aromatic heterocycles. The minimum absolute atomic E-state index is 0.231. The van der Waals surface area contributed by atoms with Gasteiger partial charge in [0.1, 0.15) is 12.8 Å². The number of aromatic nitrogens is 2. The summed E-state index contributed by atoms with van der Waals surface area (Å²) in [6.45, 7) is 1.81. The van der Waals surface area contributed by atoms with Crippen molar-refractivity contribution in [2.45, 2.75) is 6.92 Å². The minimum Gasteiger partial charge on any atom is -0.399 e. The molecule has 0 unspecified atom stereocenters. The van der Waals surface area contributed by atoms with Crippen LogP contribution in [0.4, 0.5) is 0 Å². The van der Waals surface area contributed by atoms with Gasteiger partial charge >= 0.3 is 0 Å². The van der Waals surface area contributed by atoms with Crippen LogP contribution in [-0.2, 0) is 4.84 Å². The number of hydrogen-bond acceptors (Lipinski definition) is 3. The molecule has 0 aliphatic carbocycles. The monoisotopic (exact) mass is 375 g/mol. The highest BCUT2D eigenvalue weighted by Gasteiger charge is 2.20. The molecule has 0 saturated heterocycles. The Morgan fingerprint density at radius 3 is 2.16 bits per heavy atom. The highest BCUT2D eigenvalue weighted by Crippen LogP contribution is 2.17. The third-order valence-corrected chi connectivity index (χ3v) is 4.20. The van der Waals surface area contributed by atoms with Crippen LogP contribution >= 0.6 is 23.2 Å². The molecular weight excluding hydrogens is 361 g/mol. The molecule has 0 atom stereocenters. The molecule has 1 N–H and O–H groups in total. The van der Waals surface area contributed by atoms with E-state index in [2.05, 4.69) is 10.3 Å². The Labute approximate surface area is 154 Å². The van der Waals surface area contributed by atoms with E-state index >= 15 is 0 Å². The van der Waals surface area contributed by atoms with Crippen molar-refractivity contribution in [1.29, 1.82) is 0 Å². The molecular formula is C18H15Cl2N3O2. The minimum atomic E-state index is -0.231. The molecule has 0 aliphatic heterocycles. The lowest BCUT2D eigenvalue weighted by Gasteiger charge is -2.04. The largest absolute Gasteiger partial charge is 0.399 e. The number of nitrogens with one attached hydrogen (secondary N) is 1. The maximum Gasteiger partial charge on any atom is 0.281 e. The number of halogens is 2. The Morgan fingerprint density at radius 2 is 1.60 bits per heavy atom. The number of rotatable bonds is 4. The average molecular weight is 376 g/mol. The summed E-state index contributed by atoms with van der Waals surface area (Å²) >= 11 is 11.9. The molecule has 2 aromatic carbocycles. The first-order valence-corrected chi connectivity index (χ1v) is 8.22. The first-order chi connectivity index (χ1) is 12.0. The van der Waals surface area contributed by atoms with Crippen molar-refractivity contribution >= 4 is 28.9 Å². The van der Waals surface area contributed by atoms with Gasteiger partial charge in [-0.3, -0.25) is 9.89 Å². The van der Waals surface area contributed by atoms with Crippen LogP contribution in [0.3, 0.4) is 0 Å². The van der Waals surface area contributed by atoms with Crippen LogP contribution in [0.15, 0.2) is 58.5 Å². The quantitative estimate of drug-likeness (QED) is 0.549. The zero-order valence-corrected chi connectivity index (χ0v) is 15.1. The molecule has 25 heavy (non-hydrogen) atoms. The molecule has 1 heterocycles. The van der Waals surface area contributed by atoms with Crippen molar-refractivity contribution in [3.63, 3.8) is 0 Å². The van der Waals surface area contributed by atoms with Crippen molar-refractivity contribution in [3.8, 4) is 5.69 Å². The molecule has 0 saturated carbocycles. The van der Waals surface area contributed by atoms with Gasteiger partial charge in [-0.1, -0.05) is 40.5 Å². The first-order valence-electron chi connectivity index (χ1n) is 7.46. The smallest absolute Gasteiger partial charge is 0.281 e. The fourth-order valence-electron chi connectivity index (χ4n) is 2.54. The van der Waals surface area contributed by atoms with Gasteiger partial charge in [-0.05, 0) is 43.3 Å². The SMILES string of the molecule is CO/N=C(\c1ccc(Cl)cc1)c1c(C)[nH]n(-c2ccc(Cl)cc2)c1=O. The van der Waals surface area contributed by atoms with Crippen molar-refractivity contribution in [3.05, 3.63) is 85.8 Å². The summed E-state index contributed by atoms with van der Waals surface area (Å²) in [5.74, 6) is 0. The fourth-order valence-corrected chi connectivity index (χ4v) is 2.79. The Kier molecular flexibility index (Phi) is 4.97. The van der Waals surface area contributed by atoms with Crippen molar-refractivity contribution in [1.82, 2.24) is 9.78 Å². The van der Waals surface area contributed by atoms with E-state index in [1.807, 2.05) is 6.92 Å². The molecule has 0 spiro atoms. The van der Waals surface area contributed by atoms with Gasteiger partial charge in [0.05, 0.1) is 11.3 Å². The zero-order valence-electron chi connectivity index (χ0n) is 13.6. The molecule has 128 valence electrons. The van der Waals surface area contributed by atoms with Crippen LogP contribution in [-0.4, -0.2) is 22.6 Å². The standard InChI is InChI=1S/C18H15Cl2N3O2/c1-11-16(17(22-25-2)12-3-5-13(19)6-4-12)18(24)23(21-11)15-9-7-14(20)8-10-15/h3-10,21H,1-2H3/b22-17+. The summed E-state index contributed by atoms with van der Waals surface area (Å²) in [5, 5.41) is 8.33. The van der Waals surface area contributed by atoms with Gasteiger partial charge in [0.15, 0.2) is 0 Å². The maximum atomic E-state index is 13.0. The summed E-state index contributed by atoms with van der Waals surface area (Å²) < 4.78 is 1.45. The number of hydrogen-bond donors (Lipinski definition) is 1. The van der Waals surface area contributed by atoms with Crippen LogP contribution in [0.1, 0.15) is 16.8 Å². The molecule has 5 nitrogen and oxygen atoms in total. The molecule has 3 aromatic rings. The molecule has 7 heteroatoms. The summed E-state index contributed by atoms with van der Waals surface area (Å²) in [4.78, 5) is 17.9. The number of aryl methyl sites for hydroxylation is 1. The molecule has 0 aliphatic rings. The number of oxime groups is 1. The van der Waals surface area contributed by atoms with Crippen molar-refractivity contribution in [2.75, 3.05) is 7.11 Å². The lowest BCUT2D eigenvalue weighted by atomic mass is 10.0. The maximum absolute atomic E-state index is 13.0. The van der Waals surface area contributed by atoms with Crippen LogP contribution in [0.25, 0.3) is 5.69 Å². The lowest BCUT2D eigenvalue weighted by molar-refractivity contribution is 0.214. The lowest BCUT2D eigenvalue weighted by Crippen LogP contribution is -2.21. The first kappa shape index (κ1) is 17.3. The predicted molar refractivity (Wildman–Crippen MR) is 100 cm³/mol. The summed E-state index contributed by atoms with van der Waals surface area (Å²) in [6.07, 6.45) is 0. The van der Waals surface area contributed by atoms with Crippen LogP contribution in [0.2, 0.25) is 10.0 Å². The second-order valence-electron chi connectivity index (χ2n) is 5.36. The van der Waals surface area contributed by atoms with Gasteiger partial charge in [0.25, 0.3) is 5.56 Å². The number of nitrogens with zero attached hydrogens (tertiary/aromatic N) is 2. The molecule has 0 bridgehead atoms. The van der Waals surface area contributed by atoms with Gasteiger partial charge < -0.3 is 4.84 Å². The van der Waals surface area contributed by atoms with E-state index < -0.39 is 0 Å². The topological polar surface area (TPSA) is 59.4 Å². The fraction of sp³-hybridized carbons (Fsp3) is 0.111. The third kappa shape index (κ3) is 3.48. The van der Waals surface area contributed by atoms with E-state index in [1.54, 1.807) is 48.5 Å². The Hall–Kier alpha value is -2.50. The second-order valence-corrected chi connectivity index (χ2v) is 6.23. The average Bonchev–Trinajstić information content (AvgIpc) is 2.89. The molecule has 0 amide bonds. The predicted octanol–water partition coefficient (Wildman–Crippen LogP) is 4.18. The van der Waals surface area contributed by atoms with Crippen molar-refractivity contribution in [2.24, 2.45) is 5.16 Å². The zero-order chi connectivity index (χ0) is 18.0. The van der Waals surface area contributed by atoms with Gasteiger partial charge in [-0.25, -0.2) is 4.68 Å². The molecule has 0 fully saturated rings. The number of H-pyrrole nitrogens is 1. The second kappa shape index (κ2) is 7.17. The van der Waals surface area contributed by atoms with E-state index in [9.17, 15) is 4.79 Å². The summed E-state index contributed by atoms with van der Waals surface area (Å²) in [5.41, 5.74) is 2.71. The van der Waals surface area contributed by atoms with E-state index in [4.69, 9.17) is 28.0 Å². The normalized spacial score (nSPS) is 11.6. The highest BCUT2D eigenvalue weighted by molar-refractivity contribution is 6.31. The molecule has 0 radical (unpaired) electrons. The van der Waals surface area contributed by atoms with Gasteiger partial charge in [-0.2, -0.15) is 0 Å². The highest BCUT2D eigenvalue weighted by atomic mass is 35.5. The van der Waals surface area contributed by atoms with Gasteiger partial charge in [0, 0.05) is 21.3 Å². The Morgan fingerprint density at radius 1 is 1.04 bits per heavy atom. The van der Waals surface area contributed by atoms with Crippen LogP contribution in [0.5, 0.6) is 0 Å². The van der Waals surface area contributed by atoms with Crippen molar-refractivity contribution < 1.29 is 4.84 Å². The number of aromatic amines is 1. The summed E-state index contributed by atoms with van der Waals surface area (Å²) in [6, 6.07) is 14.0. The van der Waals surface area contributed by atoms with E-state index in [0.717, 1.165) is 5.56 Å². The summed E-state index contributed by atoms with van der Waals surface area (Å²) in [7, 11) is 1.44. The van der Waals surface area contributed by atoms with Gasteiger partial charge in [0.2, 0.25) is 0 Å². The number of benzene rings is 2. The van der Waals surface area contributed by atoms with E-state index in [-0.39, 0.29) is 5.56 Å². The van der Waals surface area contributed by atoms with Crippen LogP contribution < -0.4 is 5.56 Å². The van der Waals surface area contributed by atoms with E-state index in [1.165, 1.54) is 11.8 Å². The Bertz CT molecular complexity index is 971. The van der Waals surface area contributed by atoms with Gasteiger partial charge in [-0.15, -0.1) is 0 Å². The van der Waals surface area contributed by atoms with E-state index in [0.29, 0.717) is 32.7 Å².